The van der Waals surface area contributed by atoms with Crippen LogP contribution in [-0.2, 0) is 7.05 Å². The van der Waals surface area contributed by atoms with E-state index < -0.39 is 5.76 Å². The van der Waals surface area contributed by atoms with Gasteiger partial charge in [-0.25, -0.2) is 9.48 Å². The first kappa shape index (κ1) is 17.6. The van der Waals surface area contributed by atoms with Crippen molar-refractivity contribution in [2.24, 2.45) is 12.0 Å². The highest BCUT2D eigenvalue weighted by Crippen LogP contribution is 2.20. The Kier molecular flexibility index (Phi) is 4.23. The van der Waals surface area contributed by atoms with Crippen LogP contribution in [0.3, 0.4) is 0 Å². The van der Waals surface area contributed by atoms with Crippen LogP contribution in [0.5, 0.6) is 5.75 Å². The molecule has 0 spiro atoms. The molecule has 0 unspecified atom stereocenters. The molecule has 2 aromatic carbocycles. The fourth-order valence-corrected chi connectivity index (χ4v) is 2.97. The lowest BCUT2D eigenvalue weighted by molar-refractivity contribution is 0.414. The van der Waals surface area contributed by atoms with Gasteiger partial charge in [-0.05, 0) is 43.3 Å². The second-order valence-electron chi connectivity index (χ2n) is 6.33. The summed E-state index contributed by atoms with van der Waals surface area (Å²) < 4.78 is 13.2. The first-order chi connectivity index (χ1) is 13.5. The molecule has 0 aliphatic rings. The molecule has 0 radical (unpaired) electrons. The molecule has 0 aliphatic carbocycles. The number of oxazole rings is 1. The Bertz CT molecular complexity index is 1300. The number of aryl methyl sites for hydroxylation is 2. The van der Waals surface area contributed by atoms with E-state index in [4.69, 9.17) is 9.15 Å². The average Bonchev–Trinajstić information content (AvgIpc) is 3.15. The number of fused-ring (bicyclic) bond motifs is 1. The van der Waals surface area contributed by atoms with Gasteiger partial charge in [0.1, 0.15) is 5.75 Å². The lowest BCUT2D eigenvalue weighted by Crippen LogP contribution is -2.17. The van der Waals surface area contributed by atoms with Crippen molar-refractivity contribution in [2.75, 3.05) is 7.11 Å². The molecule has 2 heterocycles. The van der Waals surface area contributed by atoms with Crippen molar-refractivity contribution < 1.29 is 9.15 Å². The molecule has 8 heteroatoms. The first-order valence-electron chi connectivity index (χ1n) is 8.57. The van der Waals surface area contributed by atoms with Gasteiger partial charge >= 0.3 is 5.76 Å². The zero-order chi connectivity index (χ0) is 19.8. The molecule has 4 rings (SSSR count). The summed E-state index contributed by atoms with van der Waals surface area (Å²) in [6.45, 7) is 1.81. The van der Waals surface area contributed by atoms with Gasteiger partial charge in [-0.1, -0.05) is 0 Å². The quantitative estimate of drug-likeness (QED) is 0.553. The van der Waals surface area contributed by atoms with Crippen molar-refractivity contribution in [3.63, 3.8) is 0 Å². The predicted octanol–water partition coefficient (Wildman–Crippen LogP) is 2.68. The summed E-state index contributed by atoms with van der Waals surface area (Å²) in [6, 6.07) is 12.3. The minimum absolute atomic E-state index is 0.210. The van der Waals surface area contributed by atoms with E-state index in [0.29, 0.717) is 39.5 Å². The van der Waals surface area contributed by atoms with E-state index in [1.165, 1.54) is 15.5 Å². The molecule has 28 heavy (non-hydrogen) atoms. The summed E-state index contributed by atoms with van der Waals surface area (Å²) in [4.78, 5) is 28.7. The van der Waals surface area contributed by atoms with E-state index >= 15 is 0 Å². The summed E-state index contributed by atoms with van der Waals surface area (Å²) in [5, 5.41) is 3.05. The molecular formula is C20H18N4O4. The molecular weight excluding hydrogens is 360 g/mol. The lowest BCUT2D eigenvalue weighted by Gasteiger charge is -2.03. The Morgan fingerprint density at radius 3 is 2.61 bits per heavy atom. The van der Waals surface area contributed by atoms with E-state index in [2.05, 4.69) is 10.1 Å². The van der Waals surface area contributed by atoms with Gasteiger partial charge in [-0.2, -0.15) is 0 Å². The maximum Gasteiger partial charge on any atom is 0.419 e. The molecule has 0 aliphatic heterocycles. The second kappa shape index (κ2) is 6.73. The zero-order valence-electron chi connectivity index (χ0n) is 15.6. The van der Waals surface area contributed by atoms with Crippen LogP contribution in [0.25, 0.3) is 16.8 Å². The molecule has 8 nitrogen and oxygen atoms in total. The van der Waals surface area contributed by atoms with Crippen molar-refractivity contribution >= 4 is 23.0 Å². The van der Waals surface area contributed by atoms with E-state index in [9.17, 15) is 9.59 Å². The third kappa shape index (κ3) is 2.94. The smallest absolute Gasteiger partial charge is 0.419 e. The number of benzene rings is 2. The van der Waals surface area contributed by atoms with Gasteiger partial charge in [0, 0.05) is 25.0 Å². The monoisotopic (exact) mass is 378 g/mol. The maximum atomic E-state index is 12.8. The number of methoxy groups -OCH3 is 1. The van der Waals surface area contributed by atoms with E-state index in [0.717, 1.165) is 0 Å². The second-order valence-corrected chi connectivity index (χ2v) is 6.33. The molecule has 0 amide bonds. The minimum atomic E-state index is -0.431. The number of ether oxygens (including phenoxy) is 1. The lowest BCUT2D eigenvalue weighted by atomic mass is 10.2. The topological polar surface area (TPSA) is 94.5 Å². The van der Waals surface area contributed by atoms with Gasteiger partial charge in [0.05, 0.1) is 29.6 Å². The van der Waals surface area contributed by atoms with Crippen LogP contribution in [0.15, 0.2) is 61.5 Å². The Labute approximate surface area is 159 Å². The Morgan fingerprint density at radius 1 is 1.14 bits per heavy atom. The van der Waals surface area contributed by atoms with Gasteiger partial charge in [0.25, 0.3) is 5.56 Å². The zero-order valence-corrected chi connectivity index (χ0v) is 15.6. The number of aromatic amines is 1. The number of hydrogen-bond donors (Lipinski definition) is 1. The first-order valence-corrected chi connectivity index (χ1v) is 8.57. The van der Waals surface area contributed by atoms with E-state index in [-0.39, 0.29) is 5.56 Å². The van der Waals surface area contributed by atoms with Crippen LogP contribution in [0.1, 0.15) is 11.3 Å². The summed E-state index contributed by atoms with van der Waals surface area (Å²) in [5.41, 5.74) is 3.34. The number of rotatable bonds is 4. The van der Waals surface area contributed by atoms with Crippen LogP contribution < -0.4 is 16.1 Å². The molecule has 142 valence electrons. The summed E-state index contributed by atoms with van der Waals surface area (Å²) in [7, 11) is 3.23. The fraction of sp³-hybridized carbons (Fsp3) is 0.150. The van der Waals surface area contributed by atoms with Gasteiger partial charge in [-0.15, -0.1) is 0 Å². The molecule has 0 bridgehead atoms. The van der Waals surface area contributed by atoms with Crippen LogP contribution in [-0.4, -0.2) is 27.7 Å². The van der Waals surface area contributed by atoms with Crippen LogP contribution in [0, 0.1) is 6.92 Å². The van der Waals surface area contributed by atoms with Crippen LogP contribution in [0.4, 0.5) is 5.69 Å². The van der Waals surface area contributed by atoms with Crippen LogP contribution >= 0.6 is 0 Å². The Hall–Kier alpha value is -3.81. The standard InChI is InChI=1S/C20H18N4O4/c1-12-16(19(25)24(22-12)14-5-7-15(27-3)8-6-14)11-21-13-4-9-17-18(10-13)28-20(26)23(17)2/h4-11,22H,1-3H3. The molecule has 4 aromatic rings. The molecule has 1 N–H and O–H groups in total. The molecule has 0 atom stereocenters. The molecule has 0 saturated heterocycles. The highest BCUT2D eigenvalue weighted by atomic mass is 16.5. The Balaban J connectivity index is 1.69. The third-order valence-electron chi connectivity index (χ3n) is 4.57. The Morgan fingerprint density at radius 2 is 1.89 bits per heavy atom. The van der Waals surface area contributed by atoms with Crippen LogP contribution in [0.2, 0.25) is 0 Å². The molecule has 2 aromatic heterocycles. The maximum absolute atomic E-state index is 12.8. The van der Waals surface area contributed by atoms with Gasteiger partial charge < -0.3 is 9.15 Å². The van der Waals surface area contributed by atoms with E-state index in [1.54, 1.807) is 56.6 Å². The van der Waals surface area contributed by atoms with Crippen molar-refractivity contribution in [3.05, 3.63) is 74.6 Å². The van der Waals surface area contributed by atoms with Gasteiger partial charge in [0.15, 0.2) is 5.58 Å². The summed E-state index contributed by atoms with van der Waals surface area (Å²) in [6.07, 6.45) is 1.51. The average molecular weight is 378 g/mol. The van der Waals surface area contributed by atoms with Crippen molar-refractivity contribution in [1.82, 2.24) is 14.3 Å². The fourth-order valence-electron chi connectivity index (χ4n) is 2.97. The number of nitrogens with one attached hydrogen (secondary N) is 1. The minimum Gasteiger partial charge on any atom is -0.497 e. The highest BCUT2D eigenvalue weighted by molar-refractivity contribution is 5.84. The normalized spacial score (nSPS) is 11.5. The molecule has 0 fully saturated rings. The van der Waals surface area contributed by atoms with Gasteiger partial charge in [-0.3, -0.25) is 19.5 Å². The predicted molar refractivity (Wildman–Crippen MR) is 106 cm³/mol. The van der Waals surface area contributed by atoms with Crippen molar-refractivity contribution in [1.29, 1.82) is 0 Å². The number of aromatic nitrogens is 3. The SMILES string of the molecule is COc1ccc(-n2[nH]c(C)c(C=Nc3ccc4c(c3)oc(=O)n4C)c2=O)cc1. The van der Waals surface area contributed by atoms with Crippen molar-refractivity contribution in [2.45, 2.75) is 6.92 Å². The summed E-state index contributed by atoms with van der Waals surface area (Å²) in [5.74, 6) is 0.282. The number of H-pyrrole nitrogens is 1. The number of aliphatic imine (C=N–C) groups is 1. The largest absolute Gasteiger partial charge is 0.497 e. The van der Waals surface area contributed by atoms with E-state index in [1.807, 2.05) is 6.92 Å². The third-order valence-corrected chi connectivity index (χ3v) is 4.57. The number of nitrogens with zero attached hydrogens (tertiary/aromatic N) is 3. The van der Waals surface area contributed by atoms with Gasteiger partial charge in [0.2, 0.25) is 0 Å². The van der Waals surface area contributed by atoms with Crippen molar-refractivity contribution in [3.8, 4) is 11.4 Å². The summed E-state index contributed by atoms with van der Waals surface area (Å²) >= 11 is 0. The molecule has 0 saturated carbocycles. The number of hydrogen-bond acceptors (Lipinski definition) is 5. The highest BCUT2D eigenvalue weighted by Gasteiger charge is 2.11.